The van der Waals surface area contributed by atoms with Gasteiger partial charge in [0.2, 0.25) is 5.72 Å². The molecule has 1 atom stereocenters. The van der Waals surface area contributed by atoms with E-state index in [0.29, 0.717) is 0 Å². The van der Waals surface area contributed by atoms with Gasteiger partial charge in [-0.2, -0.15) is 0 Å². The third-order valence-corrected chi connectivity index (χ3v) is 2.06. The molecule has 4 N–H and O–H groups in total. The van der Waals surface area contributed by atoms with Gasteiger partial charge in [-0.3, -0.25) is 0 Å². The zero-order valence-corrected chi connectivity index (χ0v) is 8.13. The van der Waals surface area contributed by atoms with Crippen molar-refractivity contribution in [2.45, 2.75) is 26.5 Å². The van der Waals surface area contributed by atoms with Crippen LogP contribution >= 0.6 is 11.6 Å². The Kier molecular flexibility index (Phi) is 4.94. The molecule has 64 valence electrons. The van der Waals surface area contributed by atoms with Crippen molar-refractivity contribution in [3.8, 4) is 0 Å². The second kappa shape index (κ2) is 3.77. The van der Waals surface area contributed by atoms with E-state index in [1.54, 1.807) is 0 Å². The molecule has 1 unspecified atom stereocenters. The Labute approximate surface area is 73.2 Å². The van der Waals surface area contributed by atoms with E-state index in [-0.39, 0.29) is 23.7 Å². The van der Waals surface area contributed by atoms with Crippen molar-refractivity contribution in [3.63, 3.8) is 0 Å². The summed E-state index contributed by atoms with van der Waals surface area (Å²) in [5, 5.41) is 9.42. The third-order valence-electron chi connectivity index (χ3n) is 1.62. The number of hydrogen-bond acceptors (Lipinski definition) is 1. The van der Waals surface area contributed by atoms with E-state index < -0.39 is 5.72 Å². The minimum absolute atomic E-state index is 0. The van der Waals surface area contributed by atoms with E-state index in [2.05, 4.69) is 5.73 Å². The molecule has 0 aliphatic carbocycles. The van der Waals surface area contributed by atoms with Crippen molar-refractivity contribution < 1.29 is 23.2 Å². The molecule has 0 aromatic rings. The van der Waals surface area contributed by atoms with Crippen molar-refractivity contribution >= 4 is 11.6 Å². The Bertz CT molecular complexity index is 98.4. The summed E-state index contributed by atoms with van der Waals surface area (Å²) in [5.41, 5.74) is 2.34. The number of quaternary nitrogens is 1. The minimum Gasteiger partial charge on any atom is -1.00 e. The highest BCUT2D eigenvalue weighted by molar-refractivity contribution is 6.18. The molecule has 0 bridgehead atoms. The molecule has 2 nitrogen and oxygen atoms in total. The predicted molar refractivity (Wildman–Crippen MR) is 38.0 cm³/mol. The number of halogens is 2. The second-order valence-electron chi connectivity index (χ2n) is 3.42. The lowest BCUT2D eigenvalue weighted by Gasteiger charge is -2.30. The lowest BCUT2D eigenvalue weighted by atomic mass is 9.85. The number of alkyl halides is 1. The van der Waals surface area contributed by atoms with E-state index in [0.717, 1.165) is 0 Å². The van der Waals surface area contributed by atoms with Crippen LogP contribution < -0.4 is 18.1 Å². The molecule has 0 rings (SSSR count). The van der Waals surface area contributed by atoms with Crippen LogP contribution in [0.15, 0.2) is 0 Å². The quantitative estimate of drug-likeness (QED) is 0.339. The molecule has 4 heteroatoms. The van der Waals surface area contributed by atoms with Crippen molar-refractivity contribution in [3.05, 3.63) is 0 Å². The van der Waals surface area contributed by atoms with Crippen LogP contribution in [-0.2, 0) is 0 Å². The molecule has 0 aliphatic heterocycles. The summed E-state index contributed by atoms with van der Waals surface area (Å²) in [6.45, 7) is 5.72. The first-order chi connectivity index (χ1) is 3.81. The largest absolute Gasteiger partial charge is 1.00 e. The van der Waals surface area contributed by atoms with Crippen molar-refractivity contribution in [1.82, 2.24) is 0 Å². The molecular formula is C6H15Cl2NO. The van der Waals surface area contributed by atoms with Gasteiger partial charge in [0, 0.05) is 5.41 Å². The lowest BCUT2D eigenvalue weighted by Crippen LogP contribution is -3.00. The maximum Gasteiger partial charge on any atom is 0.214 e. The predicted octanol–water partition coefficient (Wildman–Crippen LogP) is -2.79. The number of aliphatic hydroxyl groups is 1. The normalized spacial score (nSPS) is 17.4. The van der Waals surface area contributed by atoms with Gasteiger partial charge in [-0.15, -0.1) is 11.6 Å². The summed E-state index contributed by atoms with van der Waals surface area (Å²) >= 11 is 5.47. The molecule has 0 aliphatic rings. The Morgan fingerprint density at radius 1 is 1.40 bits per heavy atom. The Morgan fingerprint density at radius 3 is 1.70 bits per heavy atom. The van der Waals surface area contributed by atoms with E-state index in [1.165, 1.54) is 0 Å². The van der Waals surface area contributed by atoms with Crippen LogP contribution in [0, 0.1) is 5.41 Å². The number of hydrogen-bond donors (Lipinski definition) is 2. The first kappa shape index (κ1) is 13.1. The van der Waals surface area contributed by atoms with Crippen molar-refractivity contribution in [2.75, 3.05) is 5.88 Å². The first-order valence-corrected chi connectivity index (χ1v) is 3.48. The zero-order valence-electron chi connectivity index (χ0n) is 6.62. The third kappa shape index (κ3) is 3.06. The molecule has 0 saturated carbocycles. The molecule has 0 radical (unpaired) electrons. The van der Waals surface area contributed by atoms with Gasteiger partial charge in [-0.05, 0) is 0 Å². The van der Waals surface area contributed by atoms with Crippen LogP contribution in [0.3, 0.4) is 0 Å². The Hall–Kier alpha value is 0.500. The Morgan fingerprint density at radius 2 is 1.70 bits per heavy atom. The fourth-order valence-electron chi connectivity index (χ4n) is 0.200. The molecular weight excluding hydrogens is 173 g/mol. The topological polar surface area (TPSA) is 47.9 Å². The van der Waals surface area contributed by atoms with Crippen LogP contribution in [0.1, 0.15) is 20.8 Å². The lowest BCUT2D eigenvalue weighted by molar-refractivity contribution is -0.565. The zero-order chi connectivity index (χ0) is 7.71. The summed E-state index contributed by atoms with van der Waals surface area (Å²) in [6.07, 6.45) is 0. The maximum absolute atomic E-state index is 9.42. The highest BCUT2D eigenvalue weighted by Crippen LogP contribution is 2.24. The summed E-state index contributed by atoms with van der Waals surface area (Å²) in [7, 11) is 0. The van der Waals surface area contributed by atoms with Crippen LogP contribution in [0.5, 0.6) is 0 Å². The van der Waals surface area contributed by atoms with Crippen LogP contribution in [0.25, 0.3) is 0 Å². The van der Waals surface area contributed by atoms with Gasteiger partial charge >= 0.3 is 0 Å². The highest BCUT2D eigenvalue weighted by Gasteiger charge is 2.39. The number of rotatable bonds is 1. The van der Waals surface area contributed by atoms with Crippen LogP contribution in [0.2, 0.25) is 0 Å². The summed E-state index contributed by atoms with van der Waals surface area (Å²) in [4.78, 5) is 0. The first-order valence-electron chi connectivity index (χ1n) is 2.95. The van der Waals surface area contributed by atoms with Crippen LogP contribution in [-0.4, -0.2) is 16.7 Å². The van der Waals surface area contributed by atoms with Crippen LogP contribution in [0.4, 0.5) is 0 Å². The smallest absolute Gasteiger partial charge is 0.214 e. The standard InChI is InChI=1S/C6H14ClNO.ClH/c1-5(2,3)6(8,9)4-7;/h9H,4,8H2,1-3H3;1H. The van der Waals surface area contributed by atoms with E-state index in [4.69, 9.17) is 11.6 Å². The second-order valence-corrected chi connectivity index (χ2v) is 3.68. The molecule has 0 aromatic carbocycles. The average molecular weight is 188 g/mol. The van der Waals surface area contributed by atoms with Gasteiger partial charge in [-0.1, -0.05) is 20.8 Å². The van der Waals surface area contributed by atoms with E-state index >= 15 is 0 Å². The SMILES string of the molecule is CC(C)(C)C([NH3+])(O)CCl.[Cl-]. The average Bonchev–Trinajstić information content (AvgIpc) is 1.64. The van der Waals surface area contributed by atoms with Gasteiger partial charge in [0.15, 0.2) is 0 Å². The van der Waals surface area contributed by atoms with Crippen molar-refractivity contribution in [1.29, 1.82) is 0 Å². The fourth-order valence-corrected chi connectivity index (χ4v) is 0.601. The minimum atomic E-state index is -1.01. The van der Waals surface area contributed by atoms with Crippen molar-refractivity contribution in [2.24, 2.45) is 5.41 Å². The van der Waals surface area contributed by atoms with Gasteiger partial charge in [0.05, 0.1) is 0 Å². The molecule has 10 heavy (non-hydrogen) atoms. The van der Waals surface area contributed by atoms with E-state index in [1.807, 2.05) is 20.8 Å². The Balaban J connectivity index is 0. The molecule has 0 aromatic heterocycles. The molecule has 0 spiro atoms. The van der Waals surface area contributed by atoms with Gasteiger partial charge in [0.1, 0.15) is 5.88 Å². The summed E-state index contributed by atoms with van der Waals surface area (Å²) in [6, 6.07) is 0. The summed E-state index contributed by atoms with van der Waals surface area (Å²) < 4.78 is 0. The highest BCUT2D eigenvalue weighted by atomic mass is 35.5. The van der Waals surface area contributed by atoms with Gasteiger partial charge in [-0.25, -0.2) is 0 Å². The molecule has 0 amide bonds. The molecule has 0 fully saturated rings. The monoisotopic (exact) mass is 187 g/mol. The maximum atomic E-state index is 9.42. The fraction of sp³-hybridized carbons (Fsp3) is 1.00. The molecule has 0 saturated heterocycles. The van der Waals surface area contributed by atoms with Gasteiger partial charge in [0.25, 0.3) is 0 Å². The van der Waals surface area contributed by atoms with Gasteiger partial charge < -0.3 is 23.2 Å². The molecule has 0 heterocycles. The summed E-state index contributed by atoms with van der Waals surface area (Å²) in [5.74, 6) is 0.177. The van der Waals surface area contributed by atoms with E-state index in [9.17, 15) is 5.11 Å².